The smallest absolute Gasteiger partial charge is 0.126 e. The summed E-state index contributed by atoms with van der Waals surface area (Å²) in [6.07, 6.45) is 0.684. The van der Waals surface area contributed by atoms with Crippen molar-refractivity contribution in [1.82, 2.24) is 10.2 Å². The second-order valence-electron chi connectivity index (χ2n) is 6.55. The van der Waals surface area contributed by atoms with Crippen molar-refractivity contribution in [3.63, 3.8) is 0 Å². The number of nitrogens with zero attached hydrogens (tertiary/aromatic N) is 1. The zero-order chi connectivity index (χ0) is 18.2. The number of ether oxygens (including phenoxy) is 2. The molecule has 5 heteroatoms. The van der Waals surface area contributed by atoms with E-state index in [1.54, 1.807) is 13.2 Å². The minimum absolute atomic E-state index is 0.133. The van der Waals surface area contributed by atoms with E-state index in [9.17, 15) is 4.39 Å². The molecular weight excluding hydrogens is 331 g/mol. The van der Waals surface area contributed by atoms with Gasteiger partial charge in [-0.25, -0.2) is 4.39 Å². The Bertz CT molecular complexity index is 702. The first-order valence-corrected chi connectivity index (χ1v) is 9.16. The van der Waals surface area contributed by atoms with Gasteiger partial charge in [-0.2, -0.15) is 0 Å². The molecule has 0 amide bonds. The Labute approximate surface area is 154 Å². The molecule has 0 saturated carbocycles. The van der Waals surface area contributed by atoms with Crippen LogP contribution in [0.15, 0.2) is 42.5 Å². The van der Waals surface area contributed by atoms with Crippen LogP contribution in [0.2, 0.25) is 0 Å². The van der Waals surface area contributed by atoms with Crippen molar-refractivity contribution < 1.29 is 13.9 Å². The number of halogens is 1. The summed E-state index contributed by atoms with van der Waals surface area (Å²) in [7, 11) is 1.71. The molecule has 0 radical (unpaired) electrons. The molecule has 1 heterocycles. The molecule has 0 atom stereocenters. The highest BCUT2D eigenvalue weighted by molar-refractivity contribution is 5.37. The molecule has 140 valence electrons. The van der Waals surface area contributed by atoms with Gasteiger partial charge in [-0.05, 0) is 42.3 Å². The van der Waals surface area contributed by atoms with E-state index in [-0.39, 0.29) is 5.82 Å². The summed E-state index contributed by atoms with van der Waals surface area (Å²) in [6.45, 7) is 5.86. The van der Waals surface area contributed by atoms with Gasteiger partial charge in [-0.15, -0.1) is 0 Å². The van der Waals surface area contributed by atoms with Crippen LogP contribution in [0.3, 0.4) is 0 Å². The van der Waals surface area contributed by atoms with Crippen molar-refractivity contribution in [3.8, 4) is 5.75 Å². The van der Waals surface area contributed by atoms with Gasteiger partial charge < -0.3 is 14.8 Å². The summed E-state index contributed by atoms with van der Waals surface area (Å²) in [5.74, 6) is 0.790. The van der Waals surface area contributed by atoms with Gasteiger partial charge in [-0.3, -0.25) is 4.90 Å². The van der Waals surface area contributed by atoms with Crippen LogP contribution in [0.1, 0.15) is 16.7 Å². The lowest BCUT2D eigenvalue weighted by molar-refractivity contribution is 0.0339. The molecular formula is C21H27FN2O2. The van der Waals surface area contributed by atoms with E-state index in [2.05, 4.69) is 22.3 Å². The lowest BCUT2D eigenvalue weighted by Gasteiger charge is -2.27. The first kappa shape index (κ1) is 18.8. The van der Waals surface area contributed by atoms with Crippen LogP contribution in [-0.4, -0.2) is 44.9 Å². The standard InChI is InChI=1S/C21H27FN2O2/c1-25-21-7-6-17(14-19(21)16-24-10-12-26-13-11-24)15-23-9-8-18-4-2-3-5-20(18)22/h2-7,14,23H,8-13,15-16H2,1H3. The third-order valence-corrected chi connectivity index (χ3v) is 4.70. The maximum atomic E-state index is 13.6. The first-order chi connectivity index (χ1) is 12.8. The van der Waals surface area contributed by atoms with Crippen LogP contribution in [0.4, 0.5) is 4.39 Å². The molecule has 4 nitrogen and oxygen atoms in total. The van der Waals surface area contributed by atoms with E-state index in [0.717, 1.165) is 57.3 Å². The highest BCUT2D eigenvalue weighted by atomic mass is 19.1. The molecule has 2 aromatic rings. The van der Waals surface area contributed by atoms with E-state index >= 15 is 0 Å². The van der Waals surface area contributed by atoms with Crippen molar-refractivity contribution in [2.45, 2.75) is 19.5 Å². The molecule has 1 aliphatic rings. The number of hydrogen-bond acceptors (Lipinski definition) is 4. The van der Waals surface area contributed by atoms with E-state index in [4.69, 9.17) is 9.47 Å². The summed E-state index contributed by atoms with van der Waals surface area (Å²) in [5, 5.41) is 3.40. The third-order valence-electron chi connectivity index (χ3n) is 4.70. The largest absolute Gasteiger partial charge is 0.496 e. The predicted molar refractivity (Wildman–Crippen MR) is 101 cm³/mol. The molecule has 0 aliphatic carbocycles. The van der Waals surface area contributed by atoms with E-state index < -0.39 is 0 Å². The number of benzene rings is 2. The zero-order valence-corrected chi connectivity index (χ0v) is 15.3. The van der Waals surface area contributed by atoms with Crippen molar-refractivity contribution in [2.75, 3.05) is 40.0 Å². The van der Waals surface area contributed by atoms with Gasteiger partial charge in [0.2, 0.25) is 0 Å². The molecule has 1 aliphatic heterocycles. The molecule has 0 aromatic heterocycles. The van der Waals surface area contributed by atoms with Crippen LogP contribution in [0.25, 0.3) is 0 Å². The minimum atomic E-state index is -0.133. The first-order valence-electron chi connectivity index (χ1n) is 9.16. The Hall–Kier alpha value is -1.95. The Morgan fingerprint density at radius 3 is 2.69 bits per heavy atom. The van der Waals surface area contributed by atoms with Crippen LogP contribution in [-0.2, 0) is 24.2 Å². The summed E-state index contributed by atoms with van der Waals surface area (Å²) in [5.41, 5.74) is 3.16. The van der Waals surface area contributed by atoms with Crippen LogP contribution >= 0.6 is 0 Å². The second kappa shape index (κ2) is 9.67. The van der Waals surface area contributed by atoms with Gasteiger partial charge in [0.05, 0.1) is 20.3 Å². The van der Waals surface area contributed by atoms with Gasteiger partial charge in [0.15, 0.2) is 0 Å². The van der Waals surface area contributed by atoms with Gasteiger partial charge >= 0.3 is 0 Å². The quantitative estimate of drug-likeness (QED) is 0.736. The lowest BCUT2D eigenvalue weighted by Crippen LogP contribution is -2.35. The molecule has 0 unspecified atom stereocenters. The summed E-state index contributed by atoms with van der Waals surface area (Å²) < 4.78 is 24.6. The van der Waals surface area contributed by atoms with Gasteiger partial charge in [0, 0.05) is 31.7 Å². The lowest BCUT2D eigenvalue weighted by atomic mass is 10.1. The molecule has 1 N–H and O–H groups in total. The maximum Gasteiger partial charge on any atom is 0.126 e. The summed E-state index contributed by atoms with van der Waals surface area (Å²) in [6, 6.07) is 13.3. The fraction of sp³-hybridized carbons (Fsp3) is 0.429. The van der Waals surface area contributed by atoms with Crippen molar-refractivity contribution >= 4 is 0 Å². The highest BCUT2D eigenvalue weighted by Gasteiger charge is 2.13. The summed E-state index contributed by atoms with van der Waals surface area (Å²) >= 11 is 0. The highest BCUT2D eigenvalue weighted by Crippen LogP contribution is 2.22. The molecule has 1 saturated heterocycles. The molecule has 1 fully saturated rings. The number of hydrogen-bond donors (Lipinski definition) is 1. The Balaban J connectivity index is 1.54. The monoisotopic (exact) mass is 358 g/mol. The Morgan fingerprint density at radius 2 is 1.92 bits per heavy atom. The van der Waals surface area contributed by atoms with E-state index in [1.165, 1.54) is 17.2 Å². The number of morpholine rings is 1. The van der Waals surface area contributed by atoms with Crippen molar-refractivity contribution in [3.05, 3.63) is 65.0 Å². The molecule has 3 rings (SSSR count). The van der Waals surface area contributed by atoms with Crippen molar-refractivity contribution in [2.24, 2.45) is 0 Å². The SMILES string of the molecule is COc1ccc(CNCCc2ccccc2F)cc1CN1CCOCC1. The number of methoxy groups -OCH3 is 1. The molecule has 2 aromatic carbocycles. The normalized spacial score (nSPS) is 15.2. The second-order valence-corrected chi connectivity index (χ2v) is 6.55. The fourth-order valence-corrected chi connectivity index (χ4v) is 3.22. The maximum absolute atomic E-state index is 13.6. The van der Waals surface area contributed by atoms with Crippen LogP contribution in [0.5, 0.6) is 5.75 Å². The molecule has 0 spiro atoms. The van der Waals surface area contributed by atoms with Crippen molar-refractivity contribution in [1.29, 1.82) is 0 Å². The Kier molecular flexibility index (Phi) is 7.00. The average Bonchev–Trinajstić information content (AvgIpc) is 2.67. The fourth-order valence-electron chi connectivity index (χ4n) is 3.22. The molecule has 0 bridgehead atoms. The molecule has 26 heavy (non-hydrogen) atoms. The average molecular weight is 358 g/mol. The van der Waals surface area contributed by atoms with Crippen LogP contribution < -0.4 is 10.1 Å². The van der Waals surface area contributed by atoms with Gasteiger partial charge in [0.25, 0.3) is 0 Å². The Morgan fingerprint density at radius 1 is 1.12 bits per heavy atom. The van der Waals surface area contributed by atoms with Gasteiger partial charge in [-0.1, -0.05) is 24.3 Å². The minimum Gasteiger partial charge on any atom is -0.496 e. The summed E-state index contributed by atoms with van der Waals surface area (Å²) in [4.78, 5) is 2.39. The van der Waals surface area contributed by atoms with E-state index in [0.29, 0.717) is 6.42 Å². The topological polar surface area (TPSA) is 33.7 Å². The van der Waals surface area contributed by atoms with E-state index in [1.807, 2.05) is 18.2 Å². The predicted octanol–water partition coefficient (Wildman–Crippen LogP) is 3.00. The van der Waals surface area contributed by atoms with Gasteiger partial charge in [0.1, 0.15) is 11.6 Å². The number of nitrogens with one attached hydrogen (secondary N) is 1. The number of rotatable bonds is 8. The third kappa shape index (κ3) is 5.27. The van der Waals surface area contributed by atoms with Crippen LogP contribution in [0, 0.1) is 5.82 Å². The zero-order valence-electron chi connectivity index (χ0n) is 15.3.